The van der Waals surface area contributed by atoms with E-state index in [9.17, 15) is 9.59 Å². The van der Waals surface area contributed by atoms with Crippen LogP contribution < -0.4 is 5.32 Å². The molecule has 0 spiro atoms. The van der Waals surface area contributed by atoms with E-state index in [1.807, 2.05) is 34.6 Å². The molecule has 0 aliphatic rings. The fourth-order valence-corrected chi connectivity index (χ4v) is 1.12. The summed E-state index contributed by atoms with van der Waals surface area (Å²) in [5.74, 6) is 0.152. The SMILES string of the molecule is CC(C)(C)C(=O)NCCC(=O)C(C)(C)I. The van der Waals surface area contributed by atoms with Gasteiger partial charge in [-0.25, -0.2) is 0 Å². The predicted octanol–water partition coefficient (Wildman–Crippen LogP) is 2.32. The van der Waals surface area contributed by atoms with E-state index in [1.165, 1.54) is 0 Å². The second-order valence-electron chi connectivity index (χ2n) is 5.15. The zero-order chi connectivity index (χ0) is 12.3. The summed E-state index contributed by atoms with van der Waals surface area (Å²) in [5, 5.41) is 2.76. The first-order valence-corrected chi connectivity index (χ1v) is 6.13. The van der Waals surface area contributed by atoms with Crippen molar-refractivity contribution in [2.24, 2.45) is 5.41 Å². The second kappa shape index (κ2) is 5.27. The molecular formula is C11H20INO2. The summed E-state index contributed by atoms with van der Waals surface area (Å²) >= 11 is 2.11. The van der Waals surface area contributed by atoms with E-state index in [0.717, 1.165) is 0 Å². The number of hydrogen-bond donors (Lipinski definition) is 1. The van der Waals surface area contributed by atoms with Crippen LogP contribution in [0, 0.1) is 5.41 Å². The van der Waals surface area contributed by atoms with Crippen molar-refractivity contribution in [2.45, 2.75) is 44.5 Å². The van der Waals surface area contributed by atoms with Crippen LogP contribution in [-0.2, 0) is 9.59 Å². The van der Waals surface area contributed by atoms with Gasteiger partial charge in [-0.05, 0) is 13.8 Å². The molecule has 0 aromatic rings. The summed E-state index contributed by atoms with van der Waals surface area (Å²) in [6, 6.07) is 0. The molecule has 0 rings (SSSR count). The lowest BCUT2D eigenvalue weighted by atomic mass is 9.95. The van der Waals surface area contributed by atoms with Crippen LogP contribution in [-0.4, -0.2) is 21.7 Å². The highest BCUT2D eigenvalue weighted by Crippen LogP contribution is 2.19. The maximum Gasteiger partial charge on any atom is 0.225 e. The highest BCUT2D eigenvalue weighted by Gasteiger charge is 2.24. The topological polar surface area (TPSA) is 46.2 Å². The van der Waals surface area contributed by atoms with Crippen LogP contribution in [0.15, 0.2) is 0 Å². The lowest BCUT2D eigenvalue weighted by molar-refractivity contribution is -0.128. The Balaban J connectivity index is 3.92. The first-order chi connectivity index (χ1) is 6.55. The third-order valence-electron chi connectivity index (χ3n) is 1.98. The molecule has 0 fully saturated rings. The third-order valence-corrected chi connectivity index (χ3v) is 2.58. The lowest BCUT2D eigenvalue weighted by Gasteiger charge is -2.19. The third kappa shape index (κ3) is 6.12. The number of carbonyl (C=O) groups excluding carboxylic acids is 2. The van der Waals surface area contributed by atoms with E-state index in [2.05, 4.69) is 27.9 Å². The van der Waals surface area contributed by atoms with E-state index >= 15 is 0 Å². The Kier molecular flexibility index (Phi) is 5.23. The number of rotatable bonds is 4. The van der Waals surface area contributed by atoms with Crippen LogP contribution in [0.25, 0.3) is 0 Å². The molecule has 0 bridgehead atoms. The molecule has 0 aromatic heterocycles. The monoisotopic (exact) mass is 325 g/mol. The molecule has 0 aliphatic carbocycles. The zero-order valence-corrected chi connectivity index (χ0v) is 12.3. The Morgan fingerprint density at radius 1 is 1.13 bits per heavy atom. The average molecular weight is 325 g/mol. The van der Waals surface area contributed by atoms with Gasteiger partial charge >= 0.3 is 0 Å². The Morgan fingerprint density at radius 3 is 1.93 bits per heavy atom. The Hall–Kier alpha value is -0.130. The first kappa shape index (κ1) is 14.9. The first-order valence-electron chi connectivity index (χ1n) is 5.05. The molecule has 1 amide bonds. The van der Waals surface area contributed by atoms with Crippen molar-refractivity contribution in [1.29, 1.82) is 0 Å². The molecular weight excluding hydrogens is 305 g/mol. The van der Waals surface area contributed by atoms with Gasteiger partial charge in [-0.15, -0.1) is 0 Å². The summed E-state index contributed by atoms with van der Waals surface area (Å²) in [6.45, 7) is 9.75. The molecule has 0 aromatic carbocycles. The number of nitrogens with one attached hydrogen (secondary N) is 1. The van der Waals surface area contributed by atoms with Gasteiger partial charge in [0, 0.05) is 18.4 Å². The summed E-state index contributed by atoms with van der Waals surface area (Å²) < 4.78 is -0.343. The van der Waals surface area contributed by atoms with Gasteiger partial charge in [0.25, 0.3) is 0 Å². The number of carbonyl (C=O) groups is 2. The molecule has 0 unspecified atom stereocenters. The van der Waals surface area contributed by atoms with Gasteiger partial charge in [0.15, 0.2) is 0 Å². The number of Topliss-reactive ketones (excluding diaryl/α,β-unsaturated/α-hetero) is 1. The van der Waals surface area contributed by atoms with Crippen molar-refractivity contribution in [3.63, 3.8) is 0 Å². The van der Waals surface area contributed by atoms with Gasteiger partial charge in [0.05, 0.1) is 3.42 Å². The quantitative estimate of drug-likeness (QED) is 0.637. The van der Waals surface area contributed by atoms with Crippen molar-refractivity contribution >= 4 is 34.3 Å². The maximum absolute atomic E-state index is 11.5. The molecule has 15 heavy (non-hydrogen) atoms. The molecule has 0 saturated carbocycles. The van der Waals surface area contributed by atoms with Crippen molar-refractivity contribution in [3.05, 3.63) is 0 Å². The molecule has 1 N–H and O–H groups in total. The average Bonchev–Trinajstić information content (AvgIpc) is 2.00. The summed E-state index contributed by atoms with van der Waals surface area (Å²) in [4.78, 5) is 23.0. The van der Waals surface area contributed by atoms with Crippen molar-refractivity contribution in [1.82, 2.24) is 5.32 Å². The van der Waals surface area contributed by atoms with Crippen molar-refractivity contribution in [2.75, 3.05) is 6.54 Å². The van der Waals surface area contributed by atoms with Gasteiger partial charge in [-0.2, -0.15) is 0 Å². The van der Waals surface area contributed by atoms with Crippen LogP contribution in [0.4, 0.5) is 0 Å². The molecule has 0 radical (unpaired) electrons. The van der Waals surface area contributed by atoms with E-state index in [0.29, 0.717) is 13.0 Å². The van der Waals surface area contributed by atoms with Crippen LogP contribution in [0.2, 0.25) is 0 Å². The Bertz CT molecular complexity index is 222. The van der Waals surface area contributed by atoms with E-state index < -0.39 is 0 Å². The van der Waals surface area contributed by atoms with Crippen LogP contribution in [0.3, 0.4) is 0 Å². The Morgan fingerprint density at radius 2 is 1.60 bits per heavy atom. The summed E-state index contributed by atoms with van der Waals surface area (Å²) in [7, 11) is 0. The highest BCUT2D eigenvalue weighted by atomic mass is 127. The van der Waals surface area contributed by atoms with E-state index in [-0.39, 0.29) is 20.5 Å². The minimum Gasteiger partial charge on any atom is -0.355 e. The fraction of sp³-hybridized carbons (Fsp3) is 0.818. The summed E-state index contributed by atoms with van der Waals surface area (Å²) in [6.07, 6.45) is 0.401. The van der Waals surface area contributed by atoms with Crippen molar-refractivity contribution in [3.8, 4) is 0 Å². The number of alkyl halides is 1. The minimum atomic E-state index is -0.386. The Labute approximate surface area is 106 Å². The largest absolute Gasteiger partial charge is 0.355 e. The fourth-order valence-electron chi connectivity index (χ4n) is 0.852. The van der Waals surface area contributed by atoms with Gasteiger partial charge < -0.3 is 5.32 Å². The normalized spacial score (nSPS) is 12.4. The number of halogens is 1. The molecule has 0 atom stereocenters. The summed E-state index contributed by atoms with van der Waals surface area (Å²) in [5.41, 5.74) is -0.386. The van der Waals surface area contributed by atoms with E-state index in [4.69, 9.17) is 0 Å². The number of hydrogen-bond acceptors (Lipinski definition) is 2. The second-order valence-corrected chi connectivity index (χ2v) is 7.85. The van der Waals surface area contributed by atoms with Crippen LogP contribution in [0.5, 0.6) is 0 Å². The van der Waals surface area contributed by atoms with Gasteiger partial charge in [-0.1, -0.05) is 43.4 Å². The molecule has 0 heterocycles. The van der Waals surface area contributed by atoms with Gasteiger partial charge in [-0.3, -0.25) is 9.59 Å². The standard InChI is InChI=1S/C11H20INO2/c1-10(2,3)9(15)13-7-6-8(14)11(4,5)12/h6-7H2,1-5H3,(H,13,15). The van der Waals surface area contributed by atoms with E-state index in [1.54, 1.807) is 0 Å². The molecule has 0 saturated heterocycles. The van der Waals surface area contributed by atoms with Gasteiger partial charge in [0.2, 0.25) is 5.91 Å². The predicted molar refractivity (Wildman–Crippen MR) is 70.2 cm³/mol. The lowest BCUT2D eigenvalue weighted by Crippen LogP contribution is -2.37. The molecule has 88 valence electrons. The molecule has 0 aliphatic heterocycles. The minimum absolute atomic E-state index is 0.0124. The molecule has 4 heteroatoms. The van der Waals surface area contributed by atoms with Crippen molar-refractivity contribution < 1.29 is 9.59 Å². The number of ketones is 1. The zero-order valence-electron chi connectivity index (χ0n) is 10.1. The number of amides is 1. The smallest absolute Gasteiger partial charge is 0.225 e. The van der Waals surface area contributed by atoms with Crippen LogP contribution in [0.1, 0.15) is 41.0 Å². The molecule has 3 nitrogen and oxygen atoms in total. The van der Waals surface area contributed by atoms with Gasteiger partial charge in [0.1, 0.15) is 5.78 Å². The highest BCUT2D eigenvalue weighted by molar-refractivity contribution is 14.1. The maximum atomic E-state index is 11.5. The van der Waals surface area contributed by atoms with Crippen LogP contribution >= 0.6 is 22.6 Å².